The molecule has 0 heterocycles. The third-order valence-electron chi connectivity index (χ3n) is 3.46. The molecule has 0 aliphatic heterocycles. The molecule has 0 fully saturated rings. The summed E-state index contributed by atoms with van der Waals surface area (Å²) < 4.78 is 12.4. The van der Waals surface area contributed by atoms with Crippen molar-refractivity contribution in [3.63, 3.8) is 0 Å². The lowest BCUT2D eigenvalue weighted by molar-refractivity contribution is 0.545. The Hall–Kier alpha value is -1.66. The van der Waals surface area contributed by atoms with E-state index in [1.54, 1.807) is 0 Å². The van der Waals surface area contributed by atoms with Crippen LogP contribution >= 0.6 is 0 Å². The number of rotatable bonds is 7. The van der Waals surface area contributed by atoms with Crippen LogP contribution in [0.5, 0.6) is 0 Å². The fourth-order valence-electron chi connectivity index (χ4n) is 2.03. The average molecular weight is 315 g/mol. The fourth-order valence-corrected chi connectivity index (χ4v) is 3.00. The van der Waals surface area contributed by atoms with Gasteiger partial charge in [-0.15, -0.1) is 0 Å². The quantitative estimate of drug-likeness (QED) is 0.507. The van der Waals surface area contributed by atoms with Gasteiger partial charge in [-0.3, -0.25) is 0 Å². The van der Waals surface area contributed by atoms with E-state index >= 15 is 0 Å². The summed E-state index contributed by atoms with van der Waals surface area (Å²) in [6, 6.07) is 9.59. The van der Waals surface area contributed by atoms with Gasteiger partial charge in [0.1, 0.15) is 11.0 Å². The first-order valence-electron chi connectivity index (χ1n) is 7.66. The topological polar surface area (TPSA) is 40.9 Å². The molecule has 118 valence electrons. The molecule has 0 radical (unpaired) electrons. The van der Waals surface area contributed by atoms with E-state index in [-0.39, 0.29) is 0 Å². The number of benzene rings is 1. The molecule has 0 aromatic heterocycles. The molecule has 0 aliphatic rings. The molecule has 3 heteroatoms. The van der Waals surface area contributed by atoms with Crippen LogP contribution in [-0.2, 0) is 10.8 Å². The molecule has 0 saturated carbocycles. The Labute approximate surface area is 137 Å². The standard InChI is InChI=1S/C19H25NOS/c1-15(2)6-5-7-16(3)10-13-19(14-20)22(21)18-11-8-17(4)9-12-18/h6,8-9,11-13,16H,5,7,10H2,1-4H3/b19-13+. The first kappa shape index (κ1) is 18.4. The number of hydrogen-bond donors (Lipinski definition) is 0. The molecule has 0 bridgehead atoms. The van der Waals surface area contributed by atoms with Gasteiger partial charge < -0.3 is 0 Å². The van der Waals surface area contributed by atoms with Crippen molar-refractivity contribution < 1.29 is 4.21 Å². The van der Waals surface area contributed by atoms with E-state index in [0.29, 0.717) is 15.7 Å². The van der Waals surface area contributed by atoms with Gasteiger partial charge >= 0.3 is 0 Å². The molecule has 0 N–H and O–H groups in total. The molecule has 1 aromatic rings. The SMILES string of the molecule is CC(C)=CCCC(C)C/C=C(\C#N)S(=O)c1ccc(C)cc1. The molecule has 22 heavy (non-hydrogen) atoms. The molecular formula is C19H25NOS. The Morgan fingerprint density at radius 1 is 1.27 bits per heavy atom. The van der Waals surface area contributed by atoms with E-state index in [9.17, 15) is 9.47 Å². The van der Waals surface area contributed by atoms with Crippen molar-refractivity contribution in [3.05, 3.63) is 52.5 Å². The minimum Gasteiger partial charge on any atom is -0.248 e. The van der Waals surface area contributed by atoms with Gasteiger partial charge in [0.2, 0.25) is 0 Å². The highest BCUT2D eigenvalue weighted by Crippen LogP contribution is 2.18. The summed E-state index contributed by atoms with van der Waals surface area (Å²) in [6.45, 7) is 8.35. The molecular weight excluding hydrogens is 290 g/mol. The summed E-state index contributed by atoms with van der Waals surface area (Å²) >= 11 is 0. The van der Waals surface area contributed by atoms with Crippen molar-refractivity contribution in [2.75, 3.05) is 0 Å². The van der Waals surface area contributed by atoms with Crippen LogP contribution in [0.2, 0.25) is 0 Å². The van der Waals surface area contributed by atoms with Gasteiger partial charge in [0.15, 0.2) is 0 Å². The number of hydrogen-bond acceptors (Lipinski definition) is 2. The summed E-state index contributed by atoms with van der Waals surface area (Å²) in [5, 5.41) is 9.25. The zero-order valence-corrected chi connectivity index (χ0v) is 14.7. The van der Waals surface area contributed by atoms with Crippen LogP contribution in [-0.4, -0.2) is 4.21 Å². The monoisotopic (exact) mass is 315 g/mol. The smallest absolute Gasteiger partial charge is 0.117 e. The summed E-state index contributed by atoms with van der Waals surface area (Å²) in [5.74, 6) is 0.481. The Kier molecular flexibility index (Phi) is 7.84. The molecule has 2 nitrogen and oxygen atoms in total. The molecule has 2 unspecified atom stereocenters. The summed E-state index contributed by atoms with van der Waals surface area (Å²) in [5.41, 5.74) is 2.46. The zero-order valence-electron chi connectivity index (χ0n) is 13.9. The Morgan fingerprint density at radius 2 is 1.91 bits per heavy atom. The lowest BCUT2D eigenvalue weighted by Crippen LogP contribution is -1.97. The van der Waals surface area contributed by atoms with Crippen molar-refractivity contribution in [2.24, 2.45) is 5.92 Å². The lowest BCUT2D eigenvalue weighted by atomic mass is 10.0. The van der Waals surface area contributed by atoms with Crippen molar-refractivity contribution in [2.45, 2.75) is 51.9 Å². The third-order valence-corrected chi connectivity index (χ3v) is 4.82. The predicted octanol–water partition coefficient (Wildman–Crippen LogP) is 5.28. The van der Waals surface area contributed by atoms with Gasteiger partial charge in [0.25, 0.3) is 0 Å². The largest absolute Gasteiger partial charge is 0.248 e. The second-order valence-electron chi connectivity index (χ2n) is 5.96. The van der Waals surface area contributed by atoms with Gasteiger partial charge in [0.05, 0.1) is 10.8 Å². The van der Waals surface area contributed by atoms with Crippen molar-refractivity contribution in [3.8, 4) is 6.07 Å². The molecule has 0 amide bonds. The second-order valence-corrected chi connectivity index (χ2v) is 7.41. The number of aryl methyl sites for hydroxylation is 1. The zero-order chi connectivity index (χ0) is 16.5. The van der Waals surface area contributed by atoms with Gasteiger partial charge in [-0.2, -0.15) is 5.26 Å². The van der Waals surface area contributed by atoms with Crippen LogP contribution in [0.25, 0.3) is 0 Å². The first-order chi connectivity index (χ1) is 10.4. The highest BCUT2D eigenvalue weighted by molar-refractivity contribution is 7.89. The minimum absolute atomic E-state index is 0.359. The summed E-state index contributed by atoms with van der Waals surface area (Å²) in [7, 11) is -1.37. The van der Waals surface area contributed by atoms with Crippen LogP contribution in [0.3, 0.4) is 0 Å². The van der Waals surface area contributed by atoms with Crippen molar-refractivity contribution in [1.29, 1.82) is 5.26 Å². The summed E-state index contributed by atoms with van der Waals surface area (Å²) in [4.78, 5) is 1.05. The van der Waals surface area contributed by atoms with Crippen LogP contribution in [0.1, 0.15) is 45.6 Å². The first-order valence-corrected chi connectivity index (χ1v) is 8.81. The van der Waals surface area contributed by atoms with Gasteiger partial charge in [0, 0.05) is 4.90 Å². The molecule has 1 rings (SSSR count). The number of nitriles is 1. The van der Waals surface area contributed by atoms with Crippen molar-refractivity contribution >= 4 is 10.8 Å². The Morgan fingerprint density at radius 3 is 2.45 bits per heavy atom. The average Bonchev–Trinajstić information content (AvgIpc) is 2.48. The molecule has 0 spiro atoms. The van der Waals surface area contributed by atoms with Gasteiger partial charge in [-0.25, -0.2) is 4.21 Å². The normalized spacial score (nSPS) is 14.0. The van der Waals surface area contributed by atoms with Gasteiger partial charge in [-0.05, 0) is 58.1 Å². The van der Waals surface area contributed by atoms with E-state index in [1.165, 1.54) is 5.57 Å². The maximum absolute atomic E-state index is 12.4. The Balaban J connectivity index is 2.66. The second kappa shape index (κ2) is 9.38. The molecule has 0 aliphatic carbocycles. The third kappa shape index (κ3) is 6.41. The minimum atomic E-state index is -1.37. The van der Waals surface area contributed by atoms with Crippen LogP contribution < -0.4 is 0 Å². The molecule has 2 atom stereocenters. The lowest BCUT2D eigenvalue weighted by Gasteiger charge is -2.07. The summed E-state index contributed by atoms with van der Waals surface area (Å²) in [6.07, 6.45) is 6.99. The van der Waals surface area contributed by atoms with E-state index in [0.717, 1.165) is 24.8 Å². The maximum atomic E-state index is 12.4. The fraction of sp³-hybridized carbons (Fsp3) is 0.421. The van der Waals surface area contributed by atoms with Crippen molar-refractivity contribution in [1.82, 2.24) is 0 Å². The van der Waals surface area contributed by atoms with Crippen LogP contribution in [0, 0.1) is 24.2 Å². The van der Waals surface area contributed by atoms with E-state index in [4.69, 9.17) is 0 Å². The van der Waals surface area contributed by atoms with Crippen LogP contribution in [0.15, 0.2) is 51.8 Å². The highest BCUT2D eigenvalue weighted by atomic mass is 32.2. The highest BCUT2D eigenvalue weighted by Gasteiger charge is 2.10. The van der Waals surface area contributed by atoms with Crippen LogP contribution in [0.4, 0.5) is 0 Å². The number of allylic oxidation sites excluding steroid dienone is 4. The maximum Gasteiger partial charge on any atom is 0.117 e. The molecule has 1 aromatic carbocycles. The van der Waals surface area contributed by atoms with E-state index in [2.05, 4.69) is 32.9 Å². The Bertz CT molecular complexity index is 601. The van der Waals surface area contributed by atoms with Gasteiger partial charge in [-0.1, -0.05) is 42.3 Å². The van der Waals surface area contributed by atoms with E-state index < -0.39 is 10.8 Å². The van der Waals surface area contributed by atoms with E-state index in [1.807, 2.05) is 37.3 Å². The molecule has 0 saturated heterocycles. The predicted molar refractivity (Wildman–Crippen MR) is 93.7 cm³/mol. The number of nitrogens with zero attached hydrogens (tertiary/aromatic N) is 1.